The van der Waals surface area contributed by atoms with Crippen LogP contribution in [-0.4, -0.2) is 37.6 Å². The van der Waals surface area contributed by atoms with Gasteiger partial charge in [0.25, 0.3) is 0 Å². The van der Waals surface area contributed by atoms with Gasteiger partial charge in [-0.25, -0.2) is 0 Å². The summed E-state index contributed by atoms with van der Waals surface area (Å²) in [7, 11) is 1.71. The fourth-order valence-electron chi connectivity index (χ4n) is 2.05. The molecule has 1 aliphatic heterocycles. The lowest BCUT2D eigenvalue weighted by Gasteiger charge is -2.23. The highest BCUT2D eigenvalue weighted by molar-refractivity contribution is 7.07. The summed E-state index contributed by atoms with van der Waals surface area (Å²) in [5.74, 6) is 0.193. The van der Waals surface area contributed by atoms with E-state index >= 15 is 0 Å². The first-order valence-electron chi connectivity index (χ1n) is 5.87. The Hall–Kier alpha value is -0.910. The van der Waals surface area contributed by atoms with Gasteiger partial charge in [0, 0.05) is 20.3 Å². The molecule has 0 spiro atoms. The Morgan fingerprint density at radius 3 is 3.18 bits per heavy atom. The fourth-order valence-corrected chi connectivity index (χ4v) is 2.73. The fraction of sp³-hybridized carbons (Fsp3) is 0.583. The maximum atomic E-state index is 11.8. The van der Waals surface area contributed by atoms with Gasteiger partial charge in [-0.05, 0) is 35.2 Å². The van der Waals surface area contributed by atoms with Crippen molar-refractivity contribution in [2.45, 2.75) is 19.0 Å². The summed E-state index contributed by atoms with van der Waals surface area (Å²) in [6.07, 6.45) is 2.05. The van der Waals surface area contributed by atoms with E-state index in [1.165, 1.54) is 5.56 Å². The smallest absolute Gasteiger partial charge is 0.238 e. The van der Waals surface area contributed by atoms with Gasteiger partial charge in [0.1, 0.15) is 6.17 Å². The Labute approximate surface area is 106 Å². The summed E-state index contributed by atoms with van der Waals surface area (Å²) in [6.45, 7) is 2.01. The Bertz CT molecular complexity index is 353. The number of rotatable bonds is 6. The van der Waals surface area contributed by atoms with Crippen LogP contribution in [-0.2, 0) is 9.53 Å². The zero-order valence-corrected chi connectivity index (χ0v) is 10.8. The van der Waals surface area contributed by atoms with E-state index in [2.05, 4.69) is 16.8 Å². The largest absolute Gasteiger partial charge is 0.385 e. The van der Waals surface area contributed by atoms with E-state index in [1.807, 2.05) is 10.3 Å². The van der Waals surface area contributed by atoms with Gasteiger partial charge in [-0.2, -0.15) is 11.3 Å². The number of carbonyl (C=O) groups excluding carboxylic acids is 1. The third kappa shape index (κ3) is 3.06. The molecule has 1 fully saturated rings. The molecule has 1 amide bonds. The van der Waals surface area contributed by atoms with Gasteiger partial charge in [0.15, 0.2) is 0 Å². The van der Waals surface area contributed by atoms with Gasteiger partial charge in [-0.15, -0.1) is 0 Å². The molecule has 0 aromatic carbocycles. The molecular formula is C12H18N2O2S. The molecule has 1 aliphatic rings. The molecule has 5 heteroatoms. The topological polar surface area (TPSA) is 41.6 Å². The van der Waals surface area contributed by atoms with Gasteiger partial charge in [-0.3, -0.25) is 10.1 Å². The number of hydrogen-bond acceptors (Lipinski definition) is 4. The normalized spacial score (nSPS) is 20.2. The second kappa shape index (κ2) is 6.14. The third-order valence-corrected chi connectivity index (χ3v) is 3.64. The predicted octanol–water partition coefficient (Wildman–Crippen LogP) is 1.61. The summed E-state index contributed by atoms with van der Waals surface area (Å²) >= 11 is 1.66. The molecular weight excluding hydrogens is 236 g/mol. The molecule has 1 aromatic rings. The molecule has 1 unspecified atom stereocenters. The summed E-state index contributed by atoms with van der Waals surface area (Å²) in [5, 5.41) is 7.39. The predicted molar refractivity (Wildman–Crippen MR) is 67.9 cm³/mol. The van der Waals surface area contributed by atoms with Crippen LogP contribution in [0.5, 0.6) is 0 Å². The number of ether oxygens (including phenoxy) is 1. The maximum Gasteiger partial charge on any atom is 0.238 e. The van der Waals surface area contributed by atoms with Crippen molar-refractivity contribution in [2.24, 2.45) is 0 Å². The van der Waals surface area contributed by atoms with E-state index in [0.29, 0.717) is 6.54 Å². The molecule has 94 valence electrons. The van der Waals surface area contributed by atoms with Gasteiger partial charge in [0.05, 0.1) is 6.54 Å². The SMILES string of the molecule is COCCCCN1C(=O)CNC1c1ccsc1. The van der Waals surface area contributed by atoms with Crippen LogP contribution in [0.15, 0.2) is 16.8 Å². The summed E-state index contributed by atoms with van der Waals surface area (Å²) in [6, 6.07) is 2.07. The lowest BCUT2D eigenvalue weighted by atomic mass is 10.2. The van der Waals surface area contributed by atoms with Crippen molar-refractivity contribution in [3.8, 4) is 0 Å². The highest BCUT2D eigenvalue weighted by Crippen LogP contribution is 2.24. The Kier molecular flexibility index (Phi) is 4.53. The molecule has 0 bridgehead atoms. The van der Waals surface area contributed by atoms with E-state index in [4.69, 9.17) is 4.74 Å². The van der Waals surface area contributed by atoms with Crippen molar-refractivity contribution < 1.29 is 9.53 Å². The first kappa shape index (κ1) is 12.5. The highest BCUT2D eigenvalue weighted by atomic mass is 32.1. The quantitative estimate of drug-likeness (QED) is 0.784. The van der Waals surface area contributed by atoms with Gasteiger partial charge >= 0.3 is 0 Å². The second-order valence-corrected chi connectivity index (χ2v) is 4.91. The maximum absolute atomic E-state index is 11.8. The van der Waals surface area contributed by atoms with Crippen molar-refractivity contribution in [3.05, 3.63) is 22.4 Å². The minimum Gasteiger partial charge on any atom is -0.385 e. The zero-order valence-electron chi connectivity index (χ0n) is 10.0. The van der Waals surface area contributed by atoms with E-state index < -0.39 is 0 Å². The molecule has 1 atom stereocenters. The van der Waals surface area contributed by atoms with Crippen LogP contribution < -0.4 is 5.32 Å². The molecule has 17 heavy (non-hydrogen) atoms. The molecule has 1 saturated heterocycles. The number of carbonyl (C=O) groups is 1. The summed E-state index contributed by atoms with van der Waals surface area (Å²) in [5.41, 5.74) is 1.19. The first-order chi connectivity index (χ1) is 8.33. The Morgan fingerprint density at radius 1 is 1.59 bits per heavy atom. The molecule has 1 N–H and O–H groups in total. The van der Waals surface area contributed by atoms with Crippen molar-refractivity contribution in [3.63, 3.8) is 0 Å². The summed E-state index contributed by atoms with van der Waals surface area (Å²) in [4.78, 5) is 13.7. The van der Waals surface area contributed by atoms with Crippen LogP contribution in [0.25, 0.3) is 0 Å². The van der Waals surface area contributed by atoms with E-state index in [9.17, 15) is 4.79 Å². The minimum absolute atomic E-state index is 0.0660. The third-order valence-electron chi connectivity index (χ3n) is 2.94. The number of nitrogens with one attached hydrogen (secondary N) is 1. The highest BCUT2D eigenvalue weighted by Gasteiger charge is 2.30. The lowest BCUT2D eigenvalue weighted by Crippen LogP contribution is -2.31. The summed E-state index contributed by atoms with van der Waals surface area (Å²) < 4.78 is 5.02. The molecule has 0 aliphatic carbocycles. The number of amides is 1. The van der Waals surface area contributed by atoms with Gasteiger partial charge in [-0.1, -0.05) is 0 Å². The first-order valence-corrected chi connectivity index (χ1v) is 6.81. The van der Waals surface area contributed by atoms with Gasteiger partial charge < -0.3 is 9.64 Å². The van der Waals surface area contributed by atoms with Crippen molar-refractivity contribution in [2.75, 3.05) is 26.8 Å². The van der Waals surface area contributed by atoms with Crippen molar-refractivity contribution in [1.82, 2.24) is 10.2 Å². The molecule has 2 heterocycles. The van der Waals surface area contributed by atoms with E-state index in [-0.39, 0.29) is 12.1 Å². The van der Waals surface area contributed by atoms with Crippen LogP contribution in [0, 0.1) is 0 Å². The number of unbranched alkanes of at least 4 members (excludes halogenated alkanes) is 1. The van der Waals surface area contributed by atoms with E-state index in [0.717, 1.165) is 26.0 Å². The molecule has 0 radical (unpaired) electrons. The van der Waals surface area contributed by atoms with Crippen molar-refractivity contribution >= 4 is 17.2 Å². The zero-order chi connectivity index (χ0) is 12.1. The minimum atomic E-state index is 0.0660. The Balaban J connectivity index is 1.90. The average molecular weight is 254 g/mol. The number of hydrogen-bond donors (Lipinski definition) is 1. The number of nitrogens with zero attached hydrogens (tertiary/aromatic N) is 1. The second-order valence-electron chi connectivity index (χ2n) is 4.13. The number of thiophene rings is 1. The van der Waals surface area contributed by atoms with Crippen molar-refractivity contribution in [1.29, 1.82) is 0 Å². The van der Waals surface area contributed by atoms with Crippen LogP contribution in [0.2, 0.25) is 0 Å². The number of methoxy groups -OCH3 is 1. The standard InChI is InChI=1S/C12H18N2O2S/c1-16-6-3-2-5-14-11(15)8-13-12(14)10-4-7-17-9-10/h4,7,9,12-13H,2-3,5-6,8H2,1H3. The molecule has 4 nitrogen and oxygen atoms in total. The molecule has 2 rings (SSSR count). The Morgan fingerprint density at radius 2 is 2.47 bits per heavy atom. The monoisotopic (exact) mass is 254 g/mol. The van der Waals surface area contributed by atoms with Crippen LogP contribution in [0.4, 0.5) is 0 Å². The lowest BCUT2D eigenvalue weighted by molar-refractivity contribution is -0.128. The van der Waals surface area contributed by atoms with Crippen LogP contribution >= 0.6 is 11.3 Å². The van der Waals surface area contributed by atoms with Crippen LogP contribution in [0.1, 0.15) is 24.6 Å². The molecule has 0 saturated carbocycles. The average Bonchev–Trinajstić information content (AvgIpc) is 2.94. The van der Waals surface area contributed by atoms with E-state index in [1.54, 1.807) is 18.4 Å². The molecule has 1 aromatic heterocycles. The van der Waals surface area contributed by atoms with Gasteiger partial charge in [0.2, 0.25) is 5.91 Å². The van der Waals surface area contributed by atoms with Crippen LogP contribution in [0.3, 0.4) is 0 Å².